The molecule has 0 saturated heterocycles. The van der Waals surface area contributed by atoms with Crippen molar-refractivity contribution < 1.29 is 19.0 Å². The van der Waals surface area contributed by atoms with E-state index in [0.29, 0.717) is 33.0 Å². The zero-order valence-corrected chi connectivity index (χ0v) is 18.3. The first-order valence-corrected chi connectivity index (χ1v) is 10.5. The zero-order valence-electron chi connectivity index (χ0n) is 15.9. The number of amides is 1. The lowest BCUT2D eigenvalue weighted by Crippen LogP contribution is -2.12. The van der Waals surface area contributed by atoms with E-state index < -0.39 is 0 Å². The Kier molecular flexibility index (Phi) is 7.18. The molecule has 0 atom stereocenters. The molecule has 29 heavy (non-hydrogen) atoms. The van der Waals surface area contributed by atoms with Gasteiger partial charge in [0.25, 0.3) is 5.91 Å². The largest absolute Gasteiger partial charge is 0.493 e. The van der Waals surface area contributed by atoms with Gasteiger partial charge in [0.05, 0.1) is 21.3 Å². The maximum absolute atomic E-state index is 12.6. The summed E-state index contributed by atoms with van der Waals surface area (Å²) in [4.78, 5) is 12.6. The summed E-state index contributed by atoms with van der Waals surface area (Å²) in [5, 5.41) is 12.0. The number of halogens is 1. The fraction of sp³-hybridized carbons (Fsp3) is 0.211. The van der Waals surface area contributed by atoms with E-state index in [1.54, 1.807) is 12.1 Å². The zero-order chi connectivity index (χ0) is 20.8. The van der Waals surface area contributed by atoms with E-state index in [0.717, 1.165) is 15.7 Å². The Morgan fingerprint density at radius 1 is 1.07 bits per heavy atom. The molecular weight excluding hydrogens is 434 g/mol. The van der Waals surface area contributed by atoms with Crippen molar-refractivity contribution in [2.75, 3.05) is 26.6 Å². The summed E-state index contributed by atoms with van der Waals surface area (Å²) >= 11 is 8.73. The monoisotopic (exact) mass is 451 g/mol. The van der Waals surface area contributed by atoms with E-state index in [2.05, 4.69) is 15.5 Å². The maximum Gasteiger partial charge on any atom is 0.257 e. The number of benzene rings is 2. The summed E-state index contributed by atoms with van der Waals surface area (Å²) < 4.78 is 16.6. The van der Waals surface area contributed by atoms with Crippen molar-refractivity contribution in [3.63, 3.8) is 0 Å². The molecule has 1 N–H and O–H groups in total. The molecule has 7 nitrogen and oxygen atoms in total. The number of aromatic nitrogens is 2. The van der Waals surface area contributed by atoms with Gasteiger partial charge in [-0.3, -0.25) is 10.1 Å². The number of carbonyl (C=O) groups is 1. The van der Waals surface area contributed by atoms with Gasteiger partial charge < -0.3 is 14.2 Å². The van der Waals surface area contributed by atoms with Gasteiger partial charge in [0.15, 0.2) is 15.8 Å². The molecule has 3 rings (SSSR count). The van der Waals surface area contributed by atoms with Gasteiger partial charge in [-0.1, -0.05) is 46.8 Å². The molecule has 2 aromatic carbocycles. The summed E-state index contributed by atoms with van der Waals surface area (Å²) in [6, 6.07) is 10.8. The van der Waals surface area contributed by atoms with Crippen LogP contribution in [-0.2, 0) is 5.75 Å². The van der Waals surface area contributed by atoms with Crippen LogP contribution < -0.4 is 19.5 Å². The van der Waals surface area contributed by atoms with Gasteiger partial charge in [-0.15, -0.1) is 10.2 Å². The van der Waals surface area contributed by atoms with Crippen molar-refractivity contribution in [3.8, 4) is 17.2 Å². The predicted octanol–water partition coefficient (Wildman–Crippen LogP) is 4.76. The minimum absolute atomic E-state index is 0.352. The average molecular weight is 452 g/mol. The average Bonchev–Trinajstić information content (AvgIpc) is 3.19. The van der Waals surface area contributed by atoms with Crippen LogP contribution in [0.15, 0.2) is 40.7 Å². The van der Waals surface area contributed by atoms with Crippen LogP contribution in [0.4, 0.5) is 5.13 Å². The molecule has 0 aliphatic heterocycles. The fourth-order valence-corrected chi connectivity index (χ4v) is 4.25. The Balaban J connectivity index is 1.67. The topological polar surface area (TPSA) is 82.6 Å². The normalized spacial score (nSPS) is 10.5. The molecule has 1 heterocycles. The van der Waals surface area contributed by atoms with Gasteiger partial charge in [-0.2, -0.15) is 0 Å². The Morgan fingerprint density at radius 3 is 2.31 bits per heavy atom. The molecule has 0 spiro atoms. The van der Waals surface area contributed by atoms with Crippen molar-refractivity contribution in [3.05, 3.63) is 52.5 Å². The highest BCUT2D eigenvalue weighted by molar-refractivity contribution is 8.00. The fourth-order valence-electron chi connectivity index (χ4n) is 2.43. The summed E-state index contributed by atoms with van der Waals surface area (Å²) in [5.74, 6) is 1.59. The lowest BCUT2D eigenvalue weighted by Gasteiger charge is -2.13. The van der Waals surface area contributed by atoms with Crippen LogP contribution >= 0.6 is 34.7 Å². The van der Waals surface area contributed by atoms with Gasteiger partial charge in [0, 0.05) is 16.3 Å². The van der Waals surface area contributed by atoms with Gasteiger partial charge in [0.2, 0.25) is 10.9 Å². The Hall–Kier alpha value is -2.49. The van der Waals surface area contributed by atoms with Crippen molar-refractivity contribution in [2.24, 2.45) is 0 Å². The molecule has 1 aromatic heterocycles. The Morgan fingerprint density at radius 2 is 1.72 bits per heavy atom. The van der Waals surface area contributed by atoms with Crippen LogP contribution in [0.1, 0.15) is 15.9 Å². The maximum atomic E-state index is 12.6. The first-order chi connectivity index (χ1) is 14.0. The van der Waals surface area contributed by atoms with E-state index in [-0.39, 0.29) is 5.91 Å². The highest BCUT2D eigenvalue weighted by Gasteiger charge is 2.18. The first-order valence-electron chi connectivity index (χ1n) is 8.36. The lowest BCUT2D eigenvalue weighted by molar-refractivity contribution is 0.102. The van der Waals surface area contributed by atoms with Gasteiger partial charge in [0.1, 0.15) is 0 Å². The molecule has 0 bridgehead atoms. The van der Waals surface area contributed by atoms with Crippen molar-refractivity contribution in [1.82, 2.24) is 10.2 Å². The second kappa shape index (κ2) is 9.82. The third-order valence-electron chi connectivity index (χ3n) is 3.83. The van der Waals surface area contributed by atoms with Gasteiger partial charge >= 0.3 is 0 Å². The molecular formula is C19H18ClN3O4S2. The molecule has 152 valence electrons. The van der Waals surface area contributed by atoms with Crippen LogP contribution in [0, 0.1) is 0 Å². The van der Waals surface area contributed by atoms with Crippen molar-refractivity contribution >= 4 is 45.7 Å². The van der Waals surface area contributed by atoms with Gasteiger partial charge in [-0.05, 0) is 29.8 Å². The SMILES string of the molecule is COc1cc(C(=O)Nc2nnc(SCc3ccc(Cl)cc3)s2)cc(OC)c1OC. The third kappa shape index (κ3) is 5.31. The molecule has 10 heteroatoms. The minimum atomic E-state index is -0.352. The molecule has 0 radical (unpaired) electrons. The van der Waals surface area contributed by atoms with Crippen LogP contribution in [0.2, 0.25) is 5.02 Å². The van der Waals surface area contributed by atoms with Crippen molar-refractivity contribution in [1.29, 1.82) is 0 Å². The quantitative estimate of drug-likeness (QED) is 0.390. The molecule has 0 unspecified atom stereocenters. The van der Waals surface area contributed by atoms with Crippen LogP contribution in [0.5, 0.6) is 17.2 Å². The second-order valence-electron chi connectivity index (χ2n) is 5.66. The minimum Gasteiger partial charge on any atom is -0.493 e. The predicted molar refractivity (Wildman–Crippen MR) is 115 cm³/mol. The molecule has 0 saturated carbocycles. The second-order valence-corrected chi connectivity index (χ2v) is 8.29. The van der Waals surface area contributed by atoms with Crippen LogP contribution in [-0.4, -0.2) is 37.4 Å². The molecule has 0 fully saturated rings. The number of carbonyl (C=O) groups excluding carboxylic acids is 1. The number of hydrogen-bond acceptors (Lipinski definition) is 8. The summed E-state index contributed by atoms with van der Waals surface area (Å²) in [7, 11) is 4.49. The number of nitrogens with zero attached hydrogens (tertiary/aromatic N) is 2. The summed E-state index contributed by atoms with van der Waals surface area (Å²) in [6.45, 7) is 0. The summed E-state index contributed by atoms with van der Waals surface area (Å²) in [6.07, 6.45) is 0. The number of ether oxygens (including phenoxy) is 3. The molecule has 0 aliphatic rings. The molecule has 1 amide bonds. The van der Waals surface area contributed by atoms with E-state index >= 15 is 0 Å². The van der Waals surface area contributed by atoms with Crippen LogP contribution in [0.25, 0.3) is 0 Å². The third-order valence-corrected chi connectivity index (χ3v) is 6.12. The number of hydrogen-bond donors (Lipinski definition) is 1. The van der Waals surface area contributed by atoms with Crippen LogP contribution in [0.3, 0.4) is 0 Å². The van der Waals surface area contributed by atoms with E-state index in [4.69, 9.17) is 25.8 Å². The lowest BCUT2D eigenvalue weighted by atomic mass is 10.1. The first kappa shape index (κ1) is 21.2. The number of thioether (sulfide) groups is 1. The van der Waals surface area contributed by atoms with Crippen molar-refractivity contribution in [2.45, 2.75) is 10.1 Å². The Bertz CT molecular complexity index is 970. The highest BCUT2D eigenvalue weighted by Crippen LogP contribution is 2.38. The van der Waals surface area contributed by atoms with E-state index in [9.17, 15) is 4.79 Å². The van der Waals surface area contributed by atoms with E-state index in [1.807, 2.05) is 24.3 Å². The highest BCUT2D eigenvalue weighted by atomic mass is 35.5. The Labute approximate surface area is 181 Å². The molecule has 3 aromatic rings. The number of anilines is 1. The molecule has 0 aliphatic carbocycles. The number of rotatable bonds is 8. The number of methoxy groups -OCH3 is 3. The van der Waals surface area contributed by atoms with Gasteiger partial charge in [-0.25, -0.2) is 0 Å². The number of nitrogens with one attached hydrogen (secondary N) is 1. The van der Waals surface area contributed by atoms with E-state index in [1.165, 1.54) is 44.4 Å². The summed E-state index contributed by atoms with van der Waals surface area (Å²) in [5.41, 5.74) is 1.47. The standard InChI is InChI=1S/C19H18ClN3O4S2/c1-25-14-8-12(9-15(26-2)16(14)27-3)17(24)21-18-22-23-19(29-18)28-10-11-4-6-13(20)7-5-11/h4-9H,10H2,1-3H3,(H,21,22,24). The smallest absolute Gasteiger partial charge is 0.257 e.